The van der Waals surface area contributed by atoms with Gasteiger partial charge < -0.3 is 4.98 Å². The van der Waals surface area contributed by atoms with Crippen LogP contribution in [0.25, 0.3) is 17.1 Å². The van der Waals surface area contributed by atoms with Crippen LogP contribution in [0.5, 0.6) is 0 Å². The molecule has 0 unspecified atom stereocenters. The lowest BCUT2D eigenvalue weighted by Crippen LogP contribution is -2.18. The molecule has 6 heteroatoms. The summed E-state index contributed by atoms with van der Waals surface area (Å²) in [5, 5.41) is 0. The lowest BCUT2D eigenvalue weighted by molar-refractivity contribution is 0.588. The average Bonchev–Trinajstić information content (AvgIpc) is 3.11. The maximum absolute atomic E-state index is 14.5. The highest BCUT2D eigenvalue weighted by atomic mass is 19.1. The van der Waals surface area contributed by atoms with E-state index in [-0.39, 0.29) is 16.8 Å². The van der Waals surface area contributed by atoms with E-state index in [0.29, 0.717) is 30.0 Å². The molecule has 0 saturated carbocycles. The number of imidazole rings is 1. The molecular formula is C26H19F2N3O. The van der Waals surface area contributed by atoms with Crippen molar-refractivity contribution in [3.05, 3.63) is 130 Å². The van der Waals surface area contributed by atoms with Gasteiger partial charge in [-0.15, -0.1) is 0 Å². The molecule has 0 saturated heterocycles. The van der Waals surface area contributed by atoms with E-state index in [1.807, 2.05) is 60.7 Å². The zero-order chi connectivity index (χ0) is 22.1. The largest absolute Gasteiger partial charge is 0.354 e. The van der Waals surface area contributed by atoms with E-state index < -0.39 is 11.6 Å². The molecule has 0 atom stereocenters. The van der Waals surface area contributed by atoms with Crippen molar-refractivity contribution in [2.75, 3.05) is 0 Å². The molecule has 158 valence electrons. The summed E-state index contributed by atoms with van der Waals surface area (Å²) in [5.74, 6) is -0.961. The van der Waals surface area contributed by atoms with Gasteiger partial charge in [0.25, 0.3) is 5.56 Å². The maximum atomic E-state index is 14.5. The van der Waals surface area contributed by atoms with Crippen molar-refractivity contribution >= 4 is 0 Å². The van der Waals surface area contributed by atoms with Gasteiger partial charge in [-0.05, 0) is 23.3 Å². The third-order valence-corrected chi connectivity index (χ3v) is 5.42. The van der Waals surface area contributed by atoms with E-state index in [4.69, 9.17) is 0 Å². The molecular weight excluding hydrogens is 408 g/mol. The van der Waals surface area contributed by atoms with E-state index in [2.05, 4.69) is 9.97 Å². The fourth-order valence-electron chi connectivity index (χ4n) is 3.89. The third-order valence-electron chi connectivity index (χ3n) is 5.42. The first-order chi connectivity index (χ1) is 15.6. The second kappa shape index (κ2) is 8.23. The number of aromatic amines is 1. The molecule has 0 aliphatic carbocycles. The van der Waals surface area contributed by atoms with Gasteiger partial charge in [0.15, 0.2) is 5.82 Å². The van der Waals surface area contributed by atoms with Crippen molar-refractivity contribution in [2.24, 2.45) is 0 Å². The molecule has 0 amide bonds. The van der Waals surface area contributed by atoms with Crippen LogP contribution in [0.4, 0.5) is 8.78 Å². The van der Waals surface area contributed by atoms with E-state index in [1.165, 1.54) is 29.0 Å². The Balaban J connectivity index is 1.70. The molecule has 0 spiro atoms. The number of rotatable bonds is 5. The molecule has 32 heavy (non-hydrogen) atoms. The molecule has 0 fully saturated rings. The Morgan fingerprint density at radius 2 is 1.38 bits per heavy atom. The molecule has 4 nitrogen and oxygen atoms in total. The Kier molecular flexibility index (Phi) is 5.11. The van der Waals surface area contributed by atoms with Crippen LogP contribution < -0.4 is 5.56 Å². The van der Waals surface area contributed by atoms with Crippen LogP contribution >= 0.6 is 0 Å². The van der Waals surface area contributed by atoms with E-state index >= 15 is 0 Å². The van der Waals surface area contributed by atoms with E-state index in [0.717, 1.165) is 11.1 Å². The summed E-state index contributed by atoms with van der Waals surface area (Å²) in [5.41, 5.74) is 2.60. The number of aromatic nitrogens is 3. The second-order valence-electron chi connectivity index (χ2n) is 7.62. The smallest absolute Gasteiger partial charge is 0.278 e. The van der Waals surface area contributed by atoms with Gasteiger partial charge >= 0.3 is 0 Å². The van der Waals surface area contributed by atoms with Crippen molar-refractivity contribution in [1.29, 1.82) is 0 Å². The fraction of sp³-hybridized carbons (Fsp3) is 0.0769. The van der Waals surface area contributed by atoms with Crippen LogP contribution in [-0.4, -0.2) is 14.5 Å². The molecule has 2 aliphatic rings. The Morgan fingerprint density at radius 3 is 2.00 bits per heavy atom. The number of H-pyrrole nitrogens is 1. The maximum Gasteiger partial charge on any atom is 0.278 e. The van der Waals surface area contributed by atoms with E-state index in [1.54, 1.807) is 0 Å². The van der Waals surface area contributed by atoms with Gasteiger partial charge in [0, 0.05) is 19.0 Å². The number of fused-ring (bicyclic) bond motifs is 1. The lowest BCUT2D eigenvalue weighted by Gasteiger charge is -2.14. The number of halogens is 2. The van der Waals surface area contributed by atoms with E-state index in [9.17, 15) is 13.6 Å². The van der Waals surface area contributed by atoms with Crippen LogP contribution in [0.15, 0.2) is 89.9 Å². The summed E-state index contributed by atoms with van der Waals surface area (Å²) in [7, 11) is 0. The van der Waals surface area contributed by atoms with Crippen molar-refractivity contribution in [3.63, 3.8) is 0 Å². The molecule has 1 N–H and O–H groups in total. The number of nitrogens with zero attached hydrogens (tertiary/aromatic N) is 2. The quantitative estimate of drug-likeness (QED) is 0.423. The summed E-state index contributed by atoms with van der Waals surface area (Å²) in [6.07, 6.45) is 2.22. The normalized spacial score (nSPS) is 11.2. The molecule has 0 bridgehead atoms. The SMILES string of the molecule is O=c1c(Cc2ccccc2)nc2c(Cc3ccccc3)[nH]c(-c3c(F)cccc3F)cn1-2. The van der Waals surface area contributed by atoms with Crippen LogP contribution in [0.2, 0.25) is 0 Å². The molecule has 5 rings (SSSR count). The summed E-state index contributed by atoms with van der Waals surface area (Å²) in [4.78, 5) is 20.9. The summed E-state index contributed by atoms with van der Waals surface area (Å²) >= 11 is 0. The highest BCUT2D eigenvalue weighted by Crippen LogP contribution is 2.27. The number of benzene rings is 3. The Bertz CT molecular complexity index is 1390. The highest BCUT2D eigenvalue weighted by molar-refractivity contribution is 5.62. The first-order valence-corrected chi connectivity index (χ1v) is 10.3. The highest BCUT2D eigenvalue weighted by Gasteiger charge is 2.22. The predicted molar refractivity (Wildman–Crippen MR) is 119 cm³/mol. The molecule has 3 aromatic rings. The van der Waals surface area contributed by atoms with Gasteiger partial charge in [0.2, 0.25) is 0 Å². The first kappa shape index (κ1) is 19.9. The summed E-state index contributed by atoms with van der Waals surface area (Å²) < 4.78 is 30.4. The van der Waals surface area contributed by atoms with Gasteiger partial charge in [0.05, 0.1) is 17.0 Å². The minimum absolute atomic E-state index is 0.180. The monoisotopic (exact) mass is 427 g/mol. The summed E-state index contributed by atoms with van der Waals surface area (Å²) in [6, 6.07) is 22.9. The number of hydrogen-bond acceptors (Lipinski definition) is 2. The molecule has 2 aliphatic heterocycles. The molecule has 2 heterocycles. The Hall–Kier alpha value is -4.06. The van der Waals surface area contributed by atoms with Crippen molar-refractivity contribution < 1.29 is 8.78 Å². The molecule has 0 radical (unpaired) electrons. The fourth-order valence-corrected chi connectivity index (χ4v) is 3.89. The number of hydrogen-bond donors (Lipinski definition) is 1. The first-order valence-electron chi connectivity index (χ1n) is 10.3. The van der Waals surface area contributed by atoms with Gasteiger partial charge in [-0.3, -0.25) is 9.36 Å². The standard InChI is InChI=1S/C26H19F2N3O/c27-19-12-7-13-20(28)24(19)23-16-31-25(21(29-23)14-17-8-3-1-4-9-17)30-22(26(31)32)15-18-10-5-2-6-11-18/h1-13,16,29H,14-15H2. The topological polar surface area (TPSA) is 50.7 Å². The summed E-state index contributed by atoms with van der Waals surface area (Å²) in [6.45, 7) is 0. The van der Waals surface area contributed by atoms with Crippen molar-refractivity contribution in [3.8, 4) is 17.1 Å². The van der Waals surface area contributed by atoms with Crippen LogP contribution in [0.1, 0.15) is 22.5 Å². The minimum Gasteiger partial charge on any atom is -0.354 e. The number of nitrogens with one attached hydrogen (secondary N) is 1. The van der Waals surface area contributed by atoms with Gasteiger partial charge in [0.1, 0.15) is 17.3 Å². The zero-order valence-corrected chi connectivity index (χ0v) is 17.1. The van der Waals surface area contributed by atoms with Gasteiger partial charge in [-0.25, -0.2) is 13.8 Å². The zero-order valence-electron chi connectivity index (χ0n) is 17.1. The van der Waals surface area contributed by atoms with Crippen LogP contribution in [0.3, 0.4) is 0 Å². The van der Waals surface area contributed by atoms with Crippen LogP contribution in [-0.2, 0) is 12.8 Å². The van der Waals surface area contributed by atoms with Crippen molar-refractivity contribution in [1.82, 2.24) is 14.5 Å². The predicted octanol–water partition coefficient (Wildman–Crippen LogP) is 5.13. The second-order valence-corrected chi connectivity index (χ2v) is 7.62. The average molecular weight is 427 g/mol. The minimum atomic E-state index is -0.705. The molecule has 3 aromatic carbocycles. The van der Waals surface area contributed by atoms with Gasteiger partial charge in [-0.1, -0.05) is 66.7 Å². The lowest BCUT2D eigenvalue weighted by atomic mass is 10.1. The van der Waals surface area contributed by atoms with Gasteiger partial charge in [-0.2, -0.15) is 0 Å². The Morgan fingerprint density at radius 1 is 0.781 bits per heavy atom. The Labute approximate surface area is 183 Å². The van der Waals surface area contributed by atoms with Crippen molar-refractivity contribution in [2.45, 2.75) is 12.8 Å². The molecule has 0 aromatic heterocycles. The van der Waals surface area contributed by atoms with Crippen LogP contribution in [0, 0.1) is 11.6 Å². The third kappa shape index (κ3) is 3.71.